The Balaban J connectivity index is 1.27. The first-order valence-corrected chi connectivity index (χ1v) is 16.5. The quantitative estimate of drug-likeness (QED) is 0.275. The van der Waals surface area contributed by atoms with Gasteiger partial charge in [0.2, 0.25) is 0 Å². The zero-order valence-electron chi connectivity index (χ0n) is 26.2. The molecule has 5 rings (SSSR count). The number of aliphatic hydroxyl groups excluding tert-OH is 5. The first kappa shape index (κ1) is 32.1. The van der Waals surface area contributed by atoms with E-state index in [1.54, 1.807) is 0 Å². The van der Waals surface area contributed by atoms with E-state index in [1.165, 1.54) is 7.11 Å². The van der Waals surface area contributed by atoms with Gasteiger partial charge in [-0.05, 0) is 110 Å². The summed E-state index contributed by atoms with van der Waals surface area (Å²) in [5, 5.41) is 54.0. The van der Waals surface area contributed by atoms with Crippen LogP contribution in [0.1, 0.15) is 92.4 Å². The summed E-state index contributed by atoms with van der Waals surface area (Å²) in [7, 11) is 1.49. The van der Waals surface area contributed by atoms with Crippen LogP contribution >= 0.6 is 0 Å². The summed E-state index contributed by atoms with van der Waals surface area (Å²) in [4.78, 5) is 0. The van der Waals surface area contributed by atoms with Crippen LogP contribution in [0.25, 0.3) is 0 Å². The zero-order chi connectivity index (χ0) is 29.9. The summed E-state index contributed by atoms with van der Waals surface area (Å²) >= 11 is 0. The standard InChI is InChI=1S/C33H58O8/c1-17(2)24(34)8-7-18(3)22-15-26(36)28-20-14-25(35)23-13-19(41-31-30(39-6)29(38)27(37)16-40-31)9-11-32(23,4)21(20)10-12-33(22,28)5/h17-31,34-38H,7-16H2,1-6H3/t18-,19+,20-,21+,22-,23-,24+,25-,26+,27-,28-,29+,30-,31+,32-,33-/m1/s1. The molecule has 0 unspecified atom stereocenters. The normalized spacial score (nSPS) is 51.5. The largest absolute Gasteiger partial charge is 0.393 e. The molecular weight excluding hydrogens is 524 g/mol. The van der Waals surface area contributed by atoms with Crippen molar-refractivity contribution in [3.05, 3.63) is 0 Å². The molecule has 5 N–H and O–H groups in total. The predicted molar refractivity (Wildman–Crippen MR) is 155 cm³/mol. The third-order valence-corrected chi connectivity index (χ3v) is 13.1. The second-order valence-electron chi connectivity index (χ2n) is 15.5. The SMILES string of the molecule is CO[C@H]1[C@H](O[C@H]2CC[C@@]3(C)[C@H](C2)[C@H](O)C[C@H]2[C@@H]4[C@@H](O)C[C@H]([C@H](C)CC[C@H](O)C(C)C)[C@@]4(C)CC[C@@H]23)OC[C@@H](O)[C@@H]1O. The zero-order valence-corrected chi connectivity index (χ0v) is 26.2. The average molecular weight is 583 g/mol. The van der Waals surface area contributed by atoms with Crippen LogP contribution < -0.4 is 0 Å². The Bertz CT molecular complexity index is 885. The highest BCUT2D eigenvalue weighted by Crippen LogP contribution is 2.68. The molecule has 5 aliphatic rings. The van der Waals surface area contributed by atoms with Gasteiger partial charge in [-0.25, -0.2) is 0 Å². The van der Waals surface area contributed by atoms with Gasteiger partial charge in [-0.15, -0.1) is 0 Å². The van der Waals surface area contributed by atoms with Gasteiger partial charge in [0, 0.05) is 7.11 Å². The fourth-order valence-electron chi connectivity index (χ4n) is 10.7. The summed E-state index contributed by atoms with van der Waals surface area (Å²) in [6.45, 7) is 11.3. The van der Waals surface area contributed by atoms with E-state index in [0.717, 1.165) is 57.8 Å². The van der Waals surface area contributed by atoms with Gasteiger partial charge in [0.25, 0.3) is 0 Å². The highest BCUT2D eigenvalue weighted by atomic mass is 16.7. The molecule has 0 radical (unpaired) electrons. The van der Waals surface area contributed by atoms with Crippen molar-refractivity contribution in [1.82, 2.24) is 0 Å². The summed E-state index contributed by atoms with van der Waals surface area (Å²) in [5.74, 6) is 2.25. The number of aliphatic hydroxyl groups is 5. The van der Waals surface area contributed by atoms with Crippen molar-refractivity contribution < 1.29 is 39.7 Å². The smallest absolute Gasteiger partial charge is 0.186 e. The number of fused-ring (bicyclic) bond motifs is 5. The van der Waals surface area contributed by atoms with Crippen LogP contribution in [-0.2, 0) is 14.2 Å². The van der Waals surface area contributed by atoms with Crippen molar-refractivity contribution >= 4 is 0 Å². The molecule has 0 amide bonds. The third kappa shape index (κ3) is 5.67. The molecule has 5 fully saturated rings. The van der Waals surface area contributed by atoms with Crippen molar-refractivity contribution in [2.24, 2.45) is 52.3 Å². The Morgan fingerprint density at radius 2 is 1.56 bits per heavy atom. The van der Waals surface area contributed by atoms with E-state index < -0.39 is 30.7 Å². The maximum atomic E-state index is 11.7. The highest BCUT2D eigenvalue weighted by Gasteiger charge is 2.65. The molecule has 0 spiro atoms. The molecule has 1 saturated heterocycles. The Hall–Kier alpha value is -0.320. The molecular formula is C33H58O8. The lowest BCUT2D eigenvalue weighted by Gasteiger charge is -2.62. The van der Waals surface area contributed by atoms with E-state index in [9.17, 15) is 25.5 Å². The molecule has 0 aromatic rings. The van der Waals surface area contributed by atoms with Crippen LogP contribution in [-0.4, -0.2) is 88.3 Å². The second-order valence-corrected chi connectivity index (χ2v) is 15.5. The van der Waals surface area contributed by atoms with Crippen LogP contribution in [0.5, 0.6) is 0 Å². The molecule has 16 atom stereocenters. The number of methoxy groups -OCH3 is 1. The number of hydrogen-bond donors (Lipinski definition) is 5. The van der Waals surface area contributed by atoms with E-state index >= 15 is 0 Å². The molecule has 4 saturated carbocycles. The van der Waals surface area contributed by atoms with Crippen LogP contribution in [0.3, 0.4) is 0 Å². The topological polar surface area (TPSA) is 129 Å². The summed E-state index contributed by atoms with van der Waals surface area (Å²) in [6, 6.07) is 0. The third-order valence-electron chi connectivity index (χ3n) is 13.1. The molecule has 0 bridgehead atoms. The van der Waals surface area contributed by atoms with Crippen molar-refractivity contribution in [3.8, 4) is 0 Å². The summed E-state index contributed by atoms with van der Waals surface area (Å²) < 4.78 is 17.5. The van der Waals surface area contributed by atoms with Gasteiger partial charge in [-0.1, -0.05) is 34.6 Å². The van der Waals surface area contributed by atoms with E-state index in [-0.39, 0.29) is 53.5 Å². The van der Waals surface area contributed by atoms with E-state index in [1.807, 2.05) is 0 Å². The summed E-state index contributed by atoms with van der Waals surface area (Å²) in [6.07, 6.45) is 3.43. The average Bonchev–Trinajstić information content (AvgIpc) is 3.20. The lowest BCUT2D eigenvalue weighted by molar-refractivity contribution is -0.296. The molecule has 1 aliphatic heterocycles. The highest BCUT2D eigenvalue weighted by molar-refractivity contribution is 5.13. The first-order valence-electron chi connectivity index (χ1n) is 16.5. The fourth-order valence-corrected chi connectivity index (χ4v) is 10.7. The molecule has 4 aliphatic carbocycles. The minimum Gasteiger partial charge on any atom is -0.393 e. The van der Waals surface area contributed by atoms with Crippen molar-refractivity contribution in [3.63, 3.8) is 0 Å². The molecule has 41 heavy (non-hydrogen) atoms. The molecule has 0 aromatic carbocycles. The maximum Gasteiger partial charge on any atom is 0.186 e. The van der Waals surface area contributed by atoms with Crippen LogP contribution in [0.2, 0.25) is 0 Å². The molecule has 1 heterocycles. The lowest BCUT2D eigenvalue weighted by atomic mass is 9.43. The van der Waals surface area contributed by atoms with Crippen molar-refractivity contribution in [2.75, 3.05) is 13.7 Å². The van der Waals surface area contributed by atoms with Crippen LogP contribution in [0, 0.1) is 52.3 Å². The maximum absolute atomic E-state index is 11.7. The van der Waals surface area contributed by atoms with Crippen molar-refractivity contribution in [1.29, 1.82) is 0 Å². The minimum absolute atomic E-state index is 0.00629. The van der Waals surface area contributed by atoms with Gasteiger partial charge in [-0.2, -0.15) is 0 Å². The van der Waals surface area contributed by atoms with Gasteiger partial charge in [-0.3, -0.25) is 0 Å². The molecule has 8 nitrogen and oxygen atoms in total. The van der Waals surface area contributed by atoms with E-state index in [2.05, 4.69) is 34.6 Å². The van der Waals surface area contributed by atoms with Gasteiger partial charge < -0.3 is 39.7 Å². The van der Waals surface area contributed by atoms with Gasteiger partial charge in [0.05, 0.1) is 31.0 Å². The number of hydrogen-bond acceptors (Lipinski definition) is 8. The minimum atomic E-state index is -1.06. The predicted octanol–water partition coefficient (Wildman–Crippen LogP) is 3.50. The van der Waals surface area contributed by atoms with E-state index in [4.69, 9.17) is 14.2 Å². The molecule has 8 heteroatoms. The Morgan fingerprint density at radius 3 is 2.24 bits per heavy atom. The van der Waals surface area contributed by atoms with Gasteiger partial charge in [0.15, 0.2) is 6.29 Å². The van der Waals surface area contributed by atoms with E-state index in [0.29, 0.717) is 23.7 Å². The molecule has 0 aromatic heterocycles. The van der Waals surface area contributed by atoms with Gasteiger partial charge in [0.1, 0.15) is 18.3 Å². The fraction of sp³-hybridized carbons (Fsp3) is 1.00. The Morgan fingerprint density at radius 1 is 0.854 bits per heavy atom. The van der Waals surface area contributed by atoms with Gasteiger partial charge >= 0.3 is 0 Å². The number of ether oxygens (including phenoxy) is 3. The van der Waals surface area contributed by atoms with Crippen molar-refractivity contribution in [2.45, 2.75) is 141 Å². The Labute approximate surface area is 247 Å². The summed E-state index contributed by atoms with van der Waals surface area (Å²) in [5.41, 5.74) is 0.0447. The van der Waals surface area contributed by atoms with Crippen LogP contribution in [0.4, 0.5) is 0 Å². The first-order chi connectivity index (χ1) is 19.3. The lowest BCUT2D eigenvalue weighted by Crippen LogP contribution is -2.60. The monoisotopic (exact) mass is 582 g/mol. The van der Waals surface area contributed by atoms with Crippen LogP contribution in [0.15, 0.2) is 0 Å². The molecule has 238 valence electrons. The Kier molecular flexibility index (Phi) is 9.57. The second kappa shape index (κ2) is 12.2. The number of rotatable bonds is 8.